The largest absolute Gasteiger partial charge is 0.484 e. The second-order valence-electron chi connectivity index (χ2n) is 3.55. The number of thiophene rings is 1. The SMILES string of the molecule is O=C(COc1ccc(Br)cc1)N/N=C/c1cccs1. The van der Waals surface area contributed by atoms with E-state index in [9.17, 15) is 4.79 Å². The Bertz CT molecular complexity index is 553. The molecule has 19 heavy (non-hydrogen) atoms. The Morgan fingerprint density at radius 2 is 2.16 bits per heavy atom. The second kappa shape index (κ2) is 7.06. The summed E-state index contributed by atoms with van der Waals surface area (Å²) in [4.78, 5) is 12.4. The zero-order valence-corrected chi connectivity index (χ0v) is 12.3. The van der Waals surface area contributed by atoms with Gasteiger partial charge in [-0.1, -0.05) is 22.0 Å². The molecule has 1 N–H and O–H groups in total. The van der Waals surface area contributed by atoms with Crippen LogP contribution in [0.4, 0.5) is 0 Å². The van der Waals surface area contributed by atoms with Crippen LogP contribution in [0.5, 0.6) is 5.75 Å². The fourth-order valence-electron chi connectivity index (χ4n) is 1.24. The maximum atomic E-state index is 11.5. The van der Waals surface area contributed by atoms with Gasteiger partial charge in [-0.15, -0.1) is 11.3 Å². The summed E-state index contributed by atoms with van der Waals surface area (Å²) in [6.07, 6.45) is 1.60. The van der Waals surface area contributed by atoms with Gasteiger partial charge in [-0.3, -0.25) is 4.79 Å². The number of ether oxygens (including phenoxy) is 1. The first-order valence-corrected chi connectivity index (χ1v) is 7.15. The molecule has 1 aromatic carbocycles. The monoisotopic (exact) mass is 338 g/mol. The number of halogens is 1. The highest BCUT2D eigenvalue weighted by molar-refractivity contribution is 9.10. The van der Waals surface area contributed by atoms with Crippen molar-refractivity contribution in [3.8, 4) is 5.75 Å². The minimum Gasteiger partial charge on any atom is -0.484 e. The zero-order valence-electron chi connectivity index (χ0n) is 9.88. The third kappa shape index (κ3) is 4.84. The predicted molar refractivity (Wildman–Crippen MR) is 79.7 cm³/mol. The Morgan fingerprint density at radius 3 is 2.84 bits per heavy atom. The number of rotatable bonds is 5. The molecule has 0 aliphatic rings. The van der Waals surface area contributed by atoms with E-state index in [0.29, 0.717) is 5.75 Å². The molecular formula is C13H11BrN2O2S. The van der Waals surface area contributed by atoms with Crippen LogP contribution in [0.25, 0.3) is 0 Å². The lowest BCUT2D eigenvalue weighted by molar-refractivity contribution is -0.123. The van der Waals surface area contributed by atoms with E-state index in [1.807, 2.05) is 29.6 Å². The molecule has 6 heteroatoms. The number of carbonyl (C=O) groups excluding carboxylic acids is 1. The molecule has 0 fully saturated rings. The van der Waals surface area contributed by atoms with E-state index in [0.717, 1.165) is 9.35 Å². The predicted octanol–water partition coefficient (Wildman–Crippen LogP) is 3.04. The van der Waals surface area contributed by atoms with Gasteiger partial charge in [0.25, 0.3) is 5.91 Å². The van der Waals surface area contributed by atoms with E-state index < -0.39 is 0 Å². The number of carbonyl (C=O) groups is 1. The first kappa shape index (κ1) is 13.8. The third-order valence-electron chi connectivity index (χ3n) is 2.11. The van der Waals surface area contributed by atoms with Crippen molar-refractivity contribution in [2.75, 3.05) is 6.61 Å². The molecule has 0 aliphatic carbocycles. The summed E-state index contributed by atoms with van der Waals surface area (Å²) >= 11 is 4.88. The molecule has 98 valence electrons. The van der Waals surface area contributed by atoms with Crippen LogP contribution in [0.3, 0.4) is 0 Å². The number of amides is 1. The molecule has 0 aliphatic heterocycles. The summed E-state index contributed by atoms with van der Waals surface area (Å²) in [5.41, 5.74) is 2.41. The van der Waals surface area contributed by atoms with Crippen molar-refractivity contribution < 1.29 is 9.53 Å². The summed E-state index contributed by atoms with van der Waals surface area (Å²) in [6.45, 7) is -0.0661. The number of hydrogen-bond donors (Lipinski definition) is 1. The van der Waals surface area contributed by atoms with Gasteiger partial charge in [-0.05, 0) is 35.7 Å². The number of hydrazone groups is 1. The van der Waals surface area contributed by atoms with Crippen molar-refractivity contribution in [2.45, 2.75) is 0 Å². The highest BCUT2D eigenvalue weighted by Crippen LogP contribution is 2.15. The minimum absolute atomic E-state index is 0.0661. The summed E-state index contributed by atoms with van der Waals surface area (Å²) < 4.78 is 6.27. The van der Waals surface area contributed by atoms with Gasteiger partial charge in [0, 0.05) is 9.35 Å². The first-order chi connectivity index (χ1) is 9.24. The molecule has 0 atom stereocenters. The molecule has 4 nitrogen and oxygen atoms in total. The van der Waals surface area contributed by atoms with Crippen LogP contribution < -0.4 is 10.2 Å². The van der Waals surface area contributed by atoms with Crippen molar-refractivity contribution in [3.63, 3.8) is 0 Å². The van der Waals surface area contributed by atoms with E-state index in [1.54, 1.807) is 29.7 Å². The van der Waals surface area contributed by atoms with Crippen LogP contribution >= 0.6 is 27.3 Å². The second-order valence-corrected chi connectivity index (χ2v) is 5.45. The molecule has 0 radical (unpaired) electrons. The lowest BCUT2D eigenvalue weighted by atomic mass is 10.3. The van der Waals surface area contributed by atoms with Crippen LogP contribution in [0, 0.1) is 0 Å². The quantitative estimate of drug-likeness (QED) is 0.672. The average molecular weight is 339 g/mol. The number of benzene rings is 1. The molecule has 0 saturated heterocycles. The minimum atomic E-state index is -0.296. The highest BCUT2D eigenvalue weighted by atomic mass is 79.9. The Kier molecular flexibility index (Phi) is 5.11. The third-order valence-corrected chi connectivity index (χ3v) is 3.44. The molecule has 0 spiro atoms. The van der Waals surface area contributed by atoms with Gasteiger partial charge in [0.15, 0.2) is 6.61 Å². The molecular weight excluding hydrogens is 328 g/mol. The van der Waals surface area contributed by atoms with E-state index in [1.165, 1.54) is 0 Å². The molecule has 1 amide bonds. The Morgan fingerprint density at radius 1 is 1.37 bits per heavy atom. The first-order valence-electron chi connectivity index (χ1n) is 5.48. The number of nitrogens with zero attached hydrogens (tertiary/aromatic N) is 1. The summed E-state index contributed by atoms with van der Waals surface area (Å²) in [5, 5.41) is 5.78. The van der Waals surface area contributed by atoms with Gasteiger partial charge in [0.1, 0.15) is 5.75 Å². The fourth-order valence-corrected chi connectivity index (χ4v) is 2.09. The van der Waals surface area contributed by atoms with Crippen molar-refractivity contribution >= 4 is 39.4 Å². The van der Waals surface area contributed by atoms with E-state index in [-0.39, 0.29) is 12.5 Å². The van der Waals surface area contributed by atoms with Gasteiger partial charge >= 0.3 is 0 Å². The lowest BCUT2D eigenvalue weighted by Gasteiger charge is -2.04. The molecule has 0 unspecified atom stereocenters. The average Bonchev–Trinajstić information content (AvgIpc) is 2.91. The zero-order chi connectivity index (χ0) is 13.5. The van der Waals surface area contributed by atoms with Gasteiger partial charge in [0.05, 0.1) is 6.21 Å². The summed E-state index contributed by atoms with van der Waals surface area (Å²) in [5.74, 6) is 0.344. The number of nitrogens with one attached hydrogen (secondary N) is 1. The molecule has 2 aromatic rings. The smallest absolute Gasteiger partial charge is 0.277 e. The lowest BCUT2D eigenvalue weighted by Crippen LogP contribution is -2.24. The topological polar surface area (TPSA) is 50.7 Å². The van der Waals surface area contributed by atoms with Crippen LogP contribution in [-0.2, 0) is 4.79 Å². The maximum Gasteiger partial charge on any atom is 0.277 e. The van der Waals surface area contributed by atoms with Gasteiger partial charge in [-0.2, -0.15) is 5.10 Å². The normalized spacial score (nSPS) is 10.6. The molecule has 0 bridgehead atoms. The summed E-state index contributed by atoms with van der Waals surface area (Å²) in [7, 11) is 0. The maximum absolute atomic E-state index is 11.5. The molecule has 2 rings (SSSR count). The van der Waals surface area contributed by atoms with E-state index in [2.05, 4.69) is 26.5 Å². The standard InChI is InChI=1S/C13H11BrN2O2S/c14-10-3-5-11(6-4-10)18-9-13(17)16-15-8-12-2-1-7-19-12/h1-8H,9H2,(H,16,17)/b15-8+. The molecule has 0 saturated carbocycles. The van der Waals surface area contributed by atoms with Crippen LogP contribution in [0.15, 0.2) is 51.4 Å². The van der Waals surface area contributed by atoms with Crippen LogP contribution in [-0.4, -0.2) is 18.7 Å². The van der Waals surface area contributed by atoms with Crippen molar-refractivity contribution in [3.05, 3.63) is 51.1 Å². The Hall–Kier alpha value is -1.66. The van der Waals surface area contributed by atoms with Gasteiger partial charge in [-0.25, -0.2) is 5.43 Å². The van der Waals surface area contributed by atoms with Gasteiger partial charge < -0.3 is 4.74 Å². The van der Waals surface area contributed by atoms with Crippen LogP contribution in [0.1, 0.15) is 4.88 Å². The fraction of sp³-hybridized carbons (Fsp3) is 0.0769. The Balaban J connectivity index is 1.74. The van der Waals surface area contributed by atoms with Crippen molar-refractivity contribution in [1.29, 1.82) is 0 Å². The highest BCUT2D eigenvalue weighted by Gasteiger charge is 2.01. The summed E-state index contributed by atoms with van der Waals surface area (Å²) in [6, 6.07) is 11.1. The molecule has 1 aromatic heterocycles. The van der Waals surface area contributed by atoms with Crippen LogP contribution in [0.2, 0.25) is 0 Å². The van der Waals surface area contributed by atoms with E-state index >= 15 is 0 Å². The Labute approximate surface area is 123 Å². The van der Waals surface area contributed by atoms with Crippen molar-refractivity contribution in [2.24, 2.45) is 5.10 Å². The molecule has 1 heterocycles. The number of hydrogen-bond acceptors (Lipinski definition) is 4. The van der Waals surface area contributed by atoms with E-state index in [4.69, 9.17) is 4.74 Å². The van der Waals surface area contributed by atoms with Gasteiger partial charge in [0.2, 0.25) is 0 Å². The van der Waals surface area contributed by atoms with Crippen molar-refractivity contribution in [1.82, 2.24) is 5.43 Å².